The van der Waals surface area contributed by atoms with E-state index in [9.17, 15) is 30.3 Å². The summed E-state index contributed by atoms with van der Waals surface area (Å²) in [6.07, 6.45) is -4.23. The van der Waals surface area contributed by atoms with Gasteiger partial charge in [-0.05, 0) is 6.42 Å². The third-order valence-electron chi connectivity index (χ3n) is 3.83. The van der Waals surface area contributed by atoms with Gasteiger partial charge in [0.2, 0.25) is 0 Å². The van der Waals surface area contributed by atoms with Crippen LogP contribution < -0.4 is 0 Å². The van der Waals surface area contributed by atoms with E-state index in [0.29, 0.717) is 5.69 Å². The lowest BCUT2D eigenvalue weighted by molar-refractivity contribution is -0.137. The molecule has 0 saturated heterocycles. The fourth-order valence-corrected chi connectivity index (χ4v) is 2.21. The minimum Gasteiger partial charge on any atom is -0.481 e. The van der Waals surface area contributed by atoms with Crippen LogP contribution in [0.3, 0.4) is 0 Å². The topological polar surface area (TPSA) is 194 Å². The van der Waals surface area contributed by atoms with Crippen LogP contribution in [0.4, 0.5) is 0 Å². The summed E-state index contributed by atoms with van der Waals surface area (Å²) in [7, 11) is 0. The zero-order valence-electron chi connectivity index (χ0n) is 14.6. The monoisotopic (exact) mass is 390 g/mol. The van der Waals surface area contributed by atoms with Crippen molar-refractivity contribution < 1.29 is 45.3 Å². The lowest BCUT2D eigenvalue weighted by atomic mass is 10.1. The van der Waals surface area contributed by atoms with Crippen LogP contribution in [0.2, 0.25) is 0 Å². The predicted molar refractivity (Wildman–Crippen MR) is 89.5 cm³/mol. The van der Waals surface area contributed by atoms with Crippen LogP contribution in [0.15, 0.2) is 12.4 Å². The minimum atomic E-state index is -1.64. The summed E-state index contributed by atoms with van der Waals surface area (Å²) in [5.41, 5.74) is 0.292. The van der Waals surface area contributed by atoms with Gasteiger partial charge in [0.05, 0.1) is 36.9 Å². The Labute approximate surface area is 155 Å². The molecule has 11 heteroatoms. The number of ether oxygens (including phenoxy) is 1. The number of aliphatic hydroxyl groups excluding tert-OH is 6. The molecular weight excluding hydrogens is 364 g/mol. The Hall–Kier alpha value is -1.73. The molecule has 0 aliphatic rings. The normalized spacial score (nSPS) is 17.1. The molecule has 154 valence electrons. The summed E-state index contributed by atoms with van der Waals surface area (Å²) in [5.74, 6) is -0.964. The lowest BCUT2D eigenvalue weighted by Crippen LogP contribution is -2.35. The Kier molecular flexibility index (Phi) is 10.3. The van der Waals surface area contributed by atoms with E-state index in [4.69, 9.17) is 14.9 Å². The second-order valence-corrected chi connectivity index (χ2v) is 5.98. The third kappa shape index (κ3) is 7.81. The number of aromatic nitrogens is 2. The first-order chi connectivity index (χ1) is 12.8. The maximum Gasteiger partial charge on any atom is 0.303 e. The molecule has 27 heavy (non-hydrogen) atoms. The van der Waals surface area contributed by atoms with Crippen LogP contribution in [0.5, 0.6) is 0 Å². The zero-order valence-corrected chi connectivity index (χ0v) is 14.6. The van der Waals surface area contributed by atoms with Gasteiger partial charge in [0.15, 0.2) is 0 Å². The molecule has 0 saturated carbocycles. The number of carboxylic acids is 1. The number of carbonyl (C=O) groups is 1. The van der Waals surface area contributed by atoms with Gasteiger partial charge in [-0.1, -0.05) is 0 Å². The maximum atomic E-state index is 10.4. The highest BCUT2D eigenvalue weighted by Crippen LogP contribution is 2.17. The molecular formula is C16H26N2O9. The number of nitrogens with zero attached hydrogens (tertiary/aromatic N) is 2. The fraction of sp³-hybridized carbons (Fsp3) is 0.688. The molecule has 0 unspecified atom stereocenters. The molecule has 7 N–H and O–H groups in total. The maximum absolute atomic E-state index is 10.4. The van der Waals surface area contributed by atoms with Gasteiger partial charge in [0, 0.05) is 25.6 Å². The Bertz CT molecular complexity index is 557. The molecule has 0 spiro atoms. The first kappa shape index (κ1) is 23.3. The van der Waals surface area contributed by atoms with Gasteiger partial charge in [-0.2, -0.15) is 0 Å². The Morgan fingerprint density at radius 2 is 1.74 bits per heavy atom. The average Bonchev–Trinajstić information content (AvgIpc) is 2.66. The number of aliphatic carboxylic acids is 1. The highest BCUT2D eigenvalue weighted by Gasteiger charge is 2.27. The molecule has 0 aliphatic carbocycles. The van der Waals surface area contributed by atoms with Crippen LogP contribution >= 0.6 is 0 Å². The van der Waals surface area contributed by atoms with Crippen molar-refractivity contribution in [2.45, 2.75) is 49.8 Å². The van der Waals surface area contributed by atoms with Crippen molar-refractivity contribution in [1.82, 2.24) is 9.97 Å². The van der Waals surface area contributed by atoms with Crippen LogP contribution in [-0.4, -0.2) is 95.9 Å². The first-order valence-electron chi connectivity index (χ1n) is 8.38. The molecule has 0 aromatic carbocycles. The molecule has 0 radical (unpaired) electrons. The van der Waals surface area contributed by atoms with E-state index >= 15 is 0 Å². The molecule has 1 heterocycles. The molecule has 0 amide bonds. The summed E-state index contributed by atoms with van der Waals surface area (Å²) in [5, 5.41) is 65.6. The number of aliphatic hydroxyl groups is 6. The predicted octanol–water partition coefficient (Wildman–Crippen LogP) is -2.63. The van der Waals surface area contributed by atoms with Gasteiger partial charge in [-0.25, -0.2) is 0 Å². The fourth-order valence-electron chi connectivity index (χ4n) is 2.21. The van der Waals surface area contributed by atoms with Gasteiger partial charge in [0.1, 0.15) is 24.4 Å². The van der Waals surface area contributed by atoms with E-state index in [1.165, 1.54) is 6.20 Å². The molecule has 0 bridgehead atoms. The molecule has 5 atom stereocenters. The van der Waals surface area contributed by atoms with Crippen molar-refractivity contribution in [2.24, 2.45) is 0 Å². The molecule has 0 fully saturated rings. The Morgan fingerprint density at radius 1 is 1.04 bits per heavy atom. The van der Waals surface area contributed by atoms with Gasteiger partial charge in [-0.15, -0.1) is 0 Å². The quantitative estimate of drug-likeness (QED) is 0.174. The zero-order chi connectivity index (χ0) is 20.4. The molecule has 1 aromatic rings. The van der Waals surface area contributed by atoms with Crippen LogP contribution in [0, 0.1) is 0 Å². The summed E-state index contributed by atoms with van der Waals surface area (Å²) >= 11 is 0. The van der Waals surface area contributed by atoms with Gasteiger partial charge in [-0.3, -0.25) is 14.8 Å². The van der Waals surface area contributed by atoms with E-state index in [1.807, 2.05) is 0 Å². The van der Waals surface area contributed by atoms with E-state index in [2.05, 4.69) is 9.97 Å². The molecule has 0 aliphatic heterocycles. The molecule has 1 aromatic heterocycles. The molecule has 11 nitrogen and oxygen atoms in total. The van der Waals surface area contributed by atoms with Crippen LogP contribution in [-0.2, 0) is 16.0 Å². The average molecular weight is 390 g/mol. The van der Waals surface area contributed by atoms with Crippen molar-refractivity contribution in [3.63, 3.8) is 0 Å². The first-order valence-corrected chi connectivity index (χ1v) is 8.38. The second kappa shape index (κ2) is 11.9. The number of hydrogen-bond donors (Lipinski definition) is 7. The smallest absolute Gasteiger partial charge is 0.303 e. The van der Waals surface area contributed by atoms with Gasteiger partial charge in [0.25, 0.3) is 0 Å². The third-order valence-corrected chi connectivity index (χ3v) is 3.83. The Balaban J connectivity index is 2.58. The Morgan fingerprint density at radius 3 is 2.26 bits per heavy atom. The second-order valence-electron chi connectivity index (χ2n) is 5.98. The summed E-state index contributed by atoms with van der Waals surface area (Å²) in [4.78, 5) is 18.3. The van der Waals surface area contributed by atoms with Gasteiger partial charge >= 0.3 is 5.97 Å². The summed E-state index contributed by atoms with van der Waals surface area (Å²) in [6, 6.07) is 0. The number of rotatable bonds is 13. The van der Waals surface area contributed by atoms with Crippen molar-refractivity contribution in [2.75, 3.05) is 19.8 Å². The van der Waals surface area contributed by atoms with Gasteiger partial charge < -0.3 is 40.5 Å². The van der Waals surface area contributed by atoms with Crippen molar-refractivity contribution in [1.29, 1.82) is 0 Å². The van der Waals surface area contributed by atoms with Crippen LogP contribution in [0.25, 0.3) is 0 Å². The van der Waals surface area contributed by atoms with Crippen molar-refractivity contribution >= 4 is 5.97 Å². The largest absolute Gasteiger partial charge is 0.481 e. The molecule has 1 rings (SSSR count). The van der Waals surface area contributed by atoms with Crippen molar-refractivity contribution in [3.8, 4) is 0 Å². The van der Waals surface area contributed by atoms with E-state index in [-0.39, 0.29) is 31.6 Å². The highest BCUT2D eigenvalue weighted by atomic mass is 16.5. The standard InChI is InChI=1S/C16H26N2O9/c19-7-12(22)16(26)15(25)10-6-17-9(5-18-10)4-11(21)13(8-20)27-3-1-2-14(23)24/h5-6,11-13,15-16,19-22,25-26H,1-4,7-8H2,(H,23,24)/t11-,12+,13-,15+,16+/m0/s1. The van der Waals surface area contributed by atoms with Crippen molar-refractivity contribution in [3.05, 3.63) is 23.8 Å². The lowest BCUT2D eigenvalue weighted by Gasteiger charge is -2.22. The van der Waals surface area contributed by atoms with Crippen LogP contribution in [0.1, 0.15) is 30.3 Å². The number of hydrogen-bond acceptors (Lipinski definition) is 10. The summed E-state index contributed by atoms with van der Waals surface area (Å²) in [6.45, 7) is -1.13. The van der Waals surface area contributed by atoms with E-state index in [0.717, 1.165) is 6.20 Å². The number of carboxylic acid groups (broad SMARTS) is 1. The minimum absolute atomic E-state index is 0.0185. The van der Waals surface area contributed by atoms with E-state index < -0.39 is 49.7 Å². The van der Waals surface area contributed by atoms with E-state index in [1.54, 1.807) is 0 Å². The highest BCUT2D eigenvalue weighted by molar-refractivity contribution is 5.66. The summed E-state index contributed by atoms with van der Waals surface area (Å²) < 4.78 is 5.27. The SMILES string of the molecule is O=C(O)CCCO[C@@H](CO)[C@@H](O)Cc1cnc([C@@H](O)[C@H](O)[C@H](O)CO)cn1.